The van der Waals surface area contributed by atoms with Crippen LogP contribution in [0.3, 0.4) is 0 Å². The number of aliphatic hydroxyl groups is 1. The minimum atomic E-state index is -3.61. The van der Waals surface area contributed by atoms with Gasteiger partial charge in [-0.05, 0) is 43.5 Å². The van der Waals surface area contributed by atoms with Crippen LogP contribution in [0.15, 0.2) is 64.7 Å². The van der Waals surface area contributed by atoms with Crippen molar-refractivity contribution in [3.8, 4) is 0 Å². The number of aryl methyl sites for hydroxylation is 2. The maximum Gasteiger partial charge on any atom is 0.243 e. The zero-order chi connectivity index (χ0) is 21.4. The molecular formula is C23H31NO3SSi. The number of nitrogens with zero attached hydrogens (tertiary/aromatic N) is 1. The van der Waals surface area contributed by atoms with Crippen molar-refractivity contribution in [2.24, 2.45) is 0 Å². The maximum atomic E-state index is 13.2. The van der Waals surface area contributed by atoms with Gasteiger partial charge in [0.15, 0.2) is 0 Å². The smallest absolute Gasteiger partial charge is 0.243 e. The molecule has 0 radical (unpaired) electrons. The Morgan fingerprint density at radius 3 is 2.00 bits per heavy atom. The Morgan fingerprint density at radius 2 is 1.48 bits per heavy atom. The molecule has 6 heteroatoms. The van der Waals surface area contributed by atoms with E-state index in [-0.39, 0.29) is 13.1 Å². The predicted octanol–water partition coefficient (Wildman–Crippen LogP) is 4.39. The predicted molar refractivity (Wildman–Crippen MR) is 121 cm³/mol. The molecular weight excluding hydrogens is 398 g/mol. The van der Waals surface area contributed by atoms with Crippen LogP contribution < -0.4 is 0 Å². The monoisotopic (exact) mass is 429 g/mol. The third-order valence-corrected chi connectivity index (χ3v) is 8.47. The second-order valence-corrected chi connectivity index (χ2v) is 16.1. The first kappa shape index (κ1) is 22.0. The number of piperidine rings is 1. The zero-order valence-electron chi connectivity index (χ0n) is 17.9. The fraction of sp³-hybridized carbons (Fsp3) is 0.391. The van der Waals surface area contributed by atoms with Gasteiger partial charge in [-0.2, -0.15) is 4.31 Å². The number of rotatable bonds is 4. The molecule has 1 atom stereocenters. The summed E-state index contributed by atoms with van der Waals surface area (Å²) in [4.78, 5) is 0.302. The maximum absolute atomic E-state index is 13.2. The lowest BCUT2D eigenvalue weighted by atomic mass is 9.81. The number of hydrogen-bond donors (Lipinski definition) is 1. The summed E-state index contributed by atoms with van der Waals surface area (Å²) in [7, 11) is -5.31. The highest BCUT2D eigenvalue weighted by Gasteiger charge is 2.42. The summed E-state index contributed by atoms with van der Waals surface area (Å²) in [5, 5.41) is 11.7. The number of benzene rings is 2. The third-order valence-electron chi connectivity index (χ3n) is 5.40. The first-order valence-corrected chi connectivity index (χ1v) is 15.0. The Hall–Kier alpha value is -1.73. The first-order valence-electron chi connectivity index (χ1n) is 10.0. The van der Waals surface area contributed by atoms with E-state index in [0.29, 0.717) is 11.3 Å². The van der Waals surface area contributed by atoms with Crippen molar-refractivity contribution < 1.29 is 13.5 Å². The summed E-state index contributed by atoms with van der Waals surface area (Å²) in [5.74, 6) is 0. The highest BCUT2D eigenvalue weighted by molar-refractivity contribution is 7.89. The molecule has 1 N–H and O–H groups in total. The fourth-order valence-corrected chi connectivity index (χ4v) is 6.55. The van der Waals surface area contributed by atoms with Crippen LogP contribution in [0.4, 0.5) is 0 Å². The molecule has 3 rings (SSSR count). The molecule has 156 valence electrons. The van der Waals surface area contributed by atoms with Gasteiger partial charge in [-0.15, -0.1) is 0 Å². The average Bonchev–Trinajstić information content (AvgIpc) is 2.63. The van der Waals surface area contributed by atoms with Gasteiger partial charge >= 0.3 is 0 Å². The van der Waals surface area contributed by atoms with Crippen molar-refractivity contribution in [3.05, 3.63) is 76.5 Å². The number of sulfonamides is 1. The number of hydrogen-bond acceptors (Lipinski definition) is 3. The SMILES string of the molecule is Cc1ccc(C2(O)CCN(S(=O)(=O)c3ccc(C)cc3)C/C2=C\[Si](C)(C)C)cc1. The van der Waals surface area contributed by atoms with E-state index < -0.39 is 23.7 Å². The molecule has 0 bridgehead atoms. The summed E-state index contributed by atoms with van der Waals surface area (Å²) in [6, 6.07) is 14.9. The molecule has 1 heterocycles. The fourth-order valence-electron chi connectivity index (χ4n) is 3.76. The summed E-state index contributed by atoms with van der Waals surface area (Å²) in [6.07, 6.45) is 0.345. The molecule has 2 aromatic rings. The van der Waals surface area contributed by atoms with Crippen LogP contribution in [-0.2, 0) is 15.6 Å². The Bertz CT molecular complexity index is 1010. The lowest BCUT2D eigenvalue weighted by Crippen LogP contribution is -2.47. The van der Waals surface area contributed by atoms with E-state index in [1.165, 1.54) is 4.31 Å². The molecule has 2 aromatic carbocycles. The minimum Gasteiger partial charge on any atom is -0.381 e. The molecule has 1 aliphatic rings. The molecule has 0 spiro atoms. The molecule has 29 heavy (non-hydrogen) atoms. The van der Waals surface area contributed by atoms with Crippen LogP contribution >= 0.6 is 0 Å². The average molecular weight is 430 g/mol. The van der Waals surface area contributed by atoms with Crippen molar-refractivity contribution in [3.63, 3.8) is 0 Å². The third kappa shape index (κ3) is 4.72. The molecule has 1 saturated heterocycles. The van der Waals surface area contributed by atoms with Crippen molar-refractivity contribution in [2.75, 3.05) is 13.1 Å². The van der Waals surface area contributed by atoms with Crippen molar-refractivity contribution in [2.45, 2.75) is 50.4 Å². The Labute approximate surface area is 176 Å². The van der Waals surface area contributed by atoms with Gasteiger partial charge < -0.3 is 5.11 Å². The van der Waals surface area contributed by atoms with Crippen LogP contribution in [0.2, 0.25) is 19.6 Å². The molecule has 0 amide bonds. The van der Waals surface area contributed by atoms with Crippen LogP contribution in [0.25, 0.3) is 0 Å². The molecule has 1 aliphatic heterocycles. The van der Waals surface area contributed by atoms with E-state index >= 15 is 0 Å². The Morgan fingerprint density at radius 1 is 0.966 bits per heavy atom. The van der Waals surface area contributed by atoms with Gasteiger partial charge in [-0.3, -0.25) is 0 Å². The summed E-state index contributed by atoms with van der Waals surface area (Å²) >= 11 is 0. The van der Waals surface area contributed by atoms with Crippen molar-refractivity contribution in [1.29, 1.82) is 0 Å². The standard InChI is InChI=1S/C23H31NO3SSi/c1-18-6-10-20(11-7-18)23(25)14-15-24(16-21(23)17-29(3,4)5)28(26,27)22-12-8-19(2)9-13-22/h6-13,17,25H,14-16H2,1-5H3/b21-17+. The topological polar surface area (TPSA) is 57.6 Å². The van der Waals surface area contributed by atoms with E-state index in [1.807, 2.05) is 50.2 Å². The summed E-state index contributed by atoms with van der Waals surface area (Å²) in [5.41, 5.74) is 4.81. The van der Waals surface area contributed by atoms with Crippen molar-refractivity contribution >= 4 is 18.1 Å². The van der Waals surface area contributed by atoms with E-state index in [0.717, 1.165) is 22.3 Å². The Kier molecular flexibility index (Phi) is 5.93. The van der Waals surface area contributed by atoms with Crippen LogP contribution in [-0.4, -0.2) is 39.0 Å². The molecule has 4 nitrogen and oxygen atoms in total. The Balaban J connectivity index is 2.01. The van der Waals surface area contributed by atoms with Gasteiger partial charge in [0.1, 0.15) is 5.60 Å². The molecule has 0 aromatic heterocycles. The van der Waals surface area contributed by atoms with Gasteiger partial charge in [-0.1, -0.05) is 72.9 Å². The quantitative estimate of drug-likeness (QED) is 0.734. The van der Waals surface area contributed by atoms with Crippen molar-refractivity contribution in [1.82, 2.24) is 4.31 Å². The minimum absolute atomic E-state index is 0.213. The second-order valence-electron chi connectivity index (χ2n) is 9.16. The largest absolute Gasteiger partial charge is 0.381 e. The van der Waals surface area contributed by atoms with E-state index in [1.54, 1.807) is 12.1 Å². The second kappa shape index (κ2) is 7.83. The summed E-state index contributed by atoms with van der Waals surface area (Å²) < 4.78 is 28.0. The summed E-state index contributed by atoms with van der Waals surface area (Å²) in [6.45, 7) is 11.0. The molecule has 0 saturated carbocycles. The lowest BCUT2D eigenvalue weighted by Gasteiger charge is -2.41. The normalized spacial score (nSPS) is 22.8. The van der Waals surface area contributed by atoms with Gasteiger partial charge in [0.2, 0.25) is 10.0 Å². The van der Waals surface area contributed by atoms with Crippen LogP contribution in [0.1, 0.15) is 23.1 Å². The van der Waals surface area contributed by atoms with Gasteiger partial charge in [0.25, 0.3) is 0 Å². The van der Waals surface area contributed by atoms with Gasteiger partial charge in [0, 0.05) is 13.1 Å². The van der Waals surface area contributed by atoms with Gasteiger partial charge in [-0.25, -0.2) is 8.42 Å². The molecule has 1 unspecified atom stereocenters. The zero-order valence-corrected chi connectivity index (χ0v) is 19.8. The van der Waals surface area contributed by atoms with E-state index in [9.17, 15) is 13.5 Å². The van der Waals surface area contributed by atoms with E-state index in [4.69, 9.17) is 0 Å². The molecule has 0 aliphatic carbocycles. The highest BCUT2D eigenvalue weighted by atomic mass is 32.2. The van der Waals surface area contributed by atoms with Gasteiger partial charge in [0.05, 0.1) is 13.0 Å². The molecule has 1 fully saturated rings. The highest BCUT2D eigenvalue weighted by Crippen LogP contribution is 2.39. The van der Waals surface area contributed by atoms with Crippen LogP contribution in [0.5, 0.6) is 0 Å². The van der Waals surface area contributed by atoms with Crippen LogP contribution in [0, 0.1) is 13.8 Å². The first-order chi connectivity index (χ1) is 13.4. The van der Waals surface area contributed by atoms with E-state index in [2.05, 4.69) is 25.3 Å². The lowest BCUT2D eigenvalue weighted by molar-refractivity contribution is 0.0403.